The molecule has 1 amide bonds. The number of pyridine rings is 1. The summed E-state index contributed by atoms with van der Waals surface area (Å²) < 4.78 is 0. The van der Waals surface area contributed by atoms with Crippen molar-refractivity contribution in [2.45, 2.75) is 19.3 Å². The molecule has 2 heterocycles. The molecule has 1 aliphatic heterocycles. The van der Waals surface area contributed by atoms with Crippen LogP contribution in [-0.4, -0.2) is 54.1 Å². The van der Waals surface area contributed by atoms with Gasteiger partial charge in [-0.3, -0.25) is 14.6 Å². The Kier molecular flexibility index (Phi) is 3.54. The second kappa shape index (κ2) is 5.26. The van der Waals surface area contributed by atoms with Gasteiger partial charge in [-0.05, 0) is 30.9 Å². The highest BCUT2D eigenvalue weighted by molar-refractivity contribution is 5.94. The minimum absolute atomic E-state index is 0.0750. The van der Waals surface area contributed by atoms with Gasteiger partial charge in [0.25, 0.3) is 5.91 Å². The molecule has 2 aliphatic rings. The van der Waals surface area contributed by atoms with Crippen LogP contribution in [0.4, 0.5) is 5.69 Å². The second-order valence-corrected chi connectivity index (χ2v) is 6.53. The third-order valence-electron chi connectivity index (χ3n) is 5.06. The molecule has 2 atom stereocenters. The first-order valence-corrected chi connectivity index (χ1v) is 7.60. The second-order valence-electron chi connectivity index (χ2n) is 6.53. The van der Waals surface area contributed by atoms with E-state index in [9.17, 15) is 14.7 Å². The first-order chi connectivity index (χ1) is 10.4. The number of carboxylic acid groups (broad SMARTS) is 1. The van der Waals surface area contributed by atoms with Gasteiger partial charge in [0.15, 0.2) is 0 Å². The topological polar surface area (TPSA) is 73.7 Å². The quantitative estimate of drug-likeness (QED) is 0.915. The minimum atomic E-state index is -0.764. The third kappa shape index (κ3) is 2.23. The molecule has 22 heavy (non-hydrogen) atoms. The molecule has 0 bridgehead atoms. The van der Waals surface area contributed by atoms with E-state index in [1.54, 1.807) is 17.2 Å². The highest BCUT2D eigenvalue weighted by Gasteiger charge is 2.55. The lowest BCUT2D eigenvalue weighted by atomic mass is 9.81. The van der Waals surface area contributed by atoms with Crippen molar-refractivity contribution >= 4 is 17.6 Å². The average Bonchev–Trinajstić information content (AvgIpc) is 3.04. The van der Waals surface area contributed by atoms with Crippen LogP contribution in [0.5, 0.6) is 0 Å². The molecule has 1 saturated carbocycles. The number of fused-ring (bicyclic) bond motifs is 1. The summed E-state index contributed by atoms with van der Waals surface area (Å²) in [7, 11) is 3.81. The van der Waals surface area contributed by atoms with Gasteiger partial charge in [-0.25, -0.2) is 0 Å². The summed E-state index contributed by atoms with van der Waals surface area (Å²) >= 11 is 0. The lowest BCUT2D eigenvalue weighted by Gasteiger charge is -2.23. The van der Waals surface area contributed by atoms with Gasteiger partial charge in [0.2, 0.25) is 0 Å². The van der Waals surface area contributed by atoms with Gasteiger partial charge in [-0.15, -0.1) is 0 Å². The molecular formula is C16H21N3O3. The van der Waals surface area contributed by atoms with E-state index < -0.39 is 11.4 Å². The van der Waals surface area contributed by atoms with E-state index in [0.717, 1.165) is 18.5 Å². The van der Waals surface area contributed by atoms with Crippen molar-refractivity contribution in [2.24, 2.45) is 11.3 Å². The molecule has 3 rings (SSSR count). The number of nitrogens with zero attached hydrogens (tertiary/aromatic N) is 3. The number of amides is 1. The van der Waals surface area contributed by atoms with Crippen molar-refractivity contribution in [3.05, 3.63) is 24.0 Å². The average molecular weight is 303 g/mol. The molecule has 1 aliphatic carbocycles. The Balaban J connectivity index is 1.83. The van der Waals surface area contributed by atoms with E-state index in [0.29, 0.717) is 25.2 Å². The van der Waals surface area contributed by atoms with Crippen molar-refractivity contribution in [3.63, 3.8) is 0 Å². The molecule has 118 valence electrons. The maximum atomic E-state index is 12.7. The molecule has 1 aromatic rings. The molecule has 2 fully saturated rings. The number of hydrogen-bond donors (Lipinski definition) is 1. The SMILES string of the molecule is CN(C)c1ccnc(C(=O)N2C[C@@H]3CCC[C@@]3(C(=O)O)C2)c1. The summed E-state index contributed by atoms with van der Waals surface area (Å²) in [6.07, 6.45) is 4.11. The van der Waals surface area contributed by atoms with Crippen LogP contribution < -0.4 is 4.90 Å². The number of carboxylic acids is 1. The fraction of sp³-hybridized carbons (Fsp3) is 0.562. The van der Waals surface area contributed by atoms with Crippen molar-refractivity contribution in [3.8, 4) is 0 Å². The molecule has 1 N–H and O–H groups in total. The monoisotopic (exact) mass is 303 g/mol. The van der Waals surface area contributed by atoms with Crippen LogP contribution in [-0.2, 0) is 4.79 Å². The van der Waals surface area contributed by atoms with E-state index in [2.05, 4.69) is 4.98 Å². The van der Waals surface area contributed by atoms with Gasteiger partial charge in [0, 0.05) is 39.1 Å². The summed E-state index contributed by atoms with van der Waals surface area (Å²) in [5, 5.41) is 9.60. The molecule has 0 spiro atoms. The van der Waals surface area contributed by atoms with Crippen LogP contribution in [0.1, 0.15) is 29.8 Å². The van der Waals surface area contributed by atoms with E-state index in [-0.39, 0.29) is 11.8 Å². The van der Waals surface area contributed by atoms with Gasteiger partial charge in [-0.2, -0.15) is 0 Å². The minimum Gasteiger partial charge on any atom is -0.481 e. The van der Waals surface area contributed by atoms with Crippen molar-refractivity contribution < 1.29 is 14.7 Å². The number of carbonyl (C=O) groups is 2. The van der Waals surface area contributed by atoms with Crippen LogP contribution in [0.2, 0.25) is 0 Å². The predicted molar refractivity (Wildman–Crippen MR) is 81.9 cm³/mol. The Hall–Kier alpha value is -2.11. The van der Waals surface area contributed by atoms with Crippen LogP contribution in [0.3, 0.4) is 0 Å². The highest BCUT2D eigenvalue weighted by atomic mass is 16.4. The normalized spacial score (nSPS) is 26.8. The summed E-state index contributed by atoms with van der Waals surface area (Å²) in [4.78, 5) is 32.1. The van der Waals surface area contributed by atoms with Gasteiger partial charge in [-0.1, -0.05) is 6.42 Å². The molecule has 1 aromatic heterocycles. The van der Waals surface area contributed by atoms with E-state index >= 15 is 0 Å². The maximum Gasteiger partial charge on any atom is 0.311 e. The predicted octanol–water partition coefficient (Wildman–Crippen LogP) is 1.47. The first-order valence-electron chi connectivity index (χ1n) is 7.60. The number of carbonyl (C=O) groups excluding carboxylic acids is 1. The van der Waals surface area contributed by atoms with Crippen LogP contribution in [0.15, 0.2) is 18.3 Å². The number of anilines is 1. The summed E-state index contributed by atoms with van der Waals surface area (Å²) in [6, 6.07) is 3.60. The largest absolute Gasteiger partial charge is 0.481 e. The number of rotatable bonds is 3. The zero-order chi connectivity index (χ0) is 15.9. The number of aliphatic carboxylic acids is 1. The zero-order valence-corrected chi connectivity index (χ0v) is 13.0. The maximum absolute atomic E-state index is 12.7. The van der Waals surface area contributed by atoms with Crippen LogP contribution in [0, 0.1) is 11.3 Å². The zero-order valence-electron chi connectivity index (χ0n) is 13.0. The molecule has 6 heteroatoms. The van der Waals surface area contributed by atoms with Gasteiger partial charge < -0.3 is 14.9 Å². The number of likely N-dealkylation sites (tertiary alicyclic amines) is 1. The Morgan fingerprint density at radius 2 is 2.23 bits per heavy atom. The molecule has 0 radical (unpaired) electrons. The summed E-state index contributed by atoms with van der Waals surface area (Å²) in [5.74, 6) is -0.856. The highest BCUT2D eigenvalue weighted by Crippen LogP contribution is 2.49. The molecule has 0 aromatic carbocycles. The summed E-state index contributed by atoms with van der Waals surface area (Å²) in [6.45, 7) is 0.832. The lowest BCUT2D eigenvalue weighted by molar-refractivity contribution is -0.149. The standard InChI is InChI=1S/C16H21N3O3/c1-18(2)12-5-7-17-13(8-12)14(20)19-9-11-4-3-6-16(11,10-19)15(21)22/h5,7-8,11H,3-4,6,9-10H2,1-2H3,(H,21,22)/t11-,16+/m0/s1. The Morgan fingerprint density at radius 1 is 1.45 bits per heavy atom. The third-order valence-corrected chi connectivity index (χ3v) is 5.06. The Bertz CT molecular complexity index is 616. The van der Waals surface area contributed by atoms with Crippen LogP contribution in [0.25, 0.3) is 0 Å². The van der Waals surface area contributed by atoms with Gasteiger partial charge in [0.05, 0.1) is 5.41 Å². The molecule has 6 nitrogen and oxygen atoms in total. The van der Waals surface area contributed by atoms with E-state index in [1.165, 1.54) is 0 Å². The van der Waals surface area contributed by atoms with Crippen molar-refractivity contribution in [1.29, 1.82) is 0 Å². The summed E-state index contributed by atoms with van der Waals surface area (Å²) in [5.41, 5.74) is 0.548. The van der Waals surface area contributed by atoms with E-state index in [4.69, 9.17) is 0 Å². The smallest absolute Gasteiger partial charge is 0.311 e. The fourth-order valence-corrected chi connectivity index (χ4v) is 3.77. The van der Waals surface area contributed by atoms with Crippen LogP contribution >= 0.6 is 0 Å². The van der Waals surface area contributed by atoms with Crippen molar-refractivity contribution in [1.82, 2.24) is 9.88 Å². The van der Waals surface area contributed by atoms with Gasteiger partial charge in [0.1, 0.15) is 5.69 Å². The Labute approximate surface area is 129 Å². The fourth-order valence-electron chi connectivity index (χ4n) is 3.77. The Morgan fingerprint density at radius 3 is 2.86 bits per heavy atom. The molecule has 0 unspecified atom stereocenters. The first kappa shape index (κ1) is 14.8. The molecular weight excluding hydrogens is 282 g/mol. The van der Waals surface area contributed by atoms with Crippen molar-refractivity contribution in [2.75, 3.05) is 32.1 Å². The number of hydrogen-bond acceptors (Lipinski definition) is 4. The lowest BCUT2D eigenvalue weighted by Crippen LogP contribution is -2.37. The number of aromatic nitrogens is 1. The van der Waals surface area contributed by atoms with E-state index in [1.807, 2.05) is 25.1 Å². The van der Waals surface area contributed by atoms with Gasteiger partial charge >= 0.3 is 5.97 Å². The molecule has 1 saturated heterocycles.